The Bertz CT molecular complexity index is 860. The van der Waals surface area contributed by atoms with Crippen molar-refractivity contribution in [2.45, 2.75) is 13.5 Å². The second kappa shape index (κ2) is 6.97. The largest absolute Gasteiger partial charge is 0.477 e. The van der Waals surface area contributed by atoms with E-state index in [1.54, 1.807) is 19.1 Å². The Hall–Kier alpha value is -3.47. The summed E-state index contributed by atoms with van der Waals surface area (Å²) in [7, 11) is 0. The first-order chi connectivity index (χ1) is 12.1. The number of hydrogen-bond donors (Lipinski definition) is 2. The summed E-state index contributed by atoms with van der Waals surface area (Å²) >= 11 is 0. The van der Waals surface area contributed by atoms with Crippen molar-refractivity contribution in [3.8, 4) is 23.4 Å². The zero-order valence-electron chi connectivity index (χ0n) is 13.5. The van der Waals surface area contributed by atoms with Gasteiger partial charge in [0.15, 0.2) is 11.5 Å². The fraction of sp³-hybridized carbons (Fsp3) is 0.235. The standard InChI is InChI=1S/C17H16N4O4/c1-2-23-17-11(7-18)12(19)6-13(21-17)16(22)20-8-10-3-4-14-15(5-10)25-9-24-14/h3-6H,2,8-9H2,1H3,(H2,19,21)(H,20,22). The lowest BCUT2D eigenvalue weighted by molar-refractivity contribution is 0.0944. The minimum absolute atomic E-state index is 0.0539. The fourth-order valence-electron chi connectivity index (χ4n) is 2.33. The predicted molar refractivity (Wildman–Crippen MR) is 88.3 cm³/mol. The monoisotopic (exact) mass is 340 g/mol. The van der Waals surface area contributed by atoms with Gasteiger partial charge in [0.25, 0.3) is 5.91 Å². The number of nitrogens with two attached hydrogens (primary N) is 1. The molecule has 1 aliphatic heterocycles. The number of carbonyl (C=O) groups excluding carboxylic acids is 1. The summed E-state index contributed by atoms with van der Waals surface area (Å²) in [4.78, 5) is 16.4. The third-order valence-corrected chi connectivity index (χ3v) is 3.53. The van der Waals surface area contributed by atoms with Crippen LogP contribution in [0.3, 0.4) is 0 Å². The van der Waals surface area contributed by atoms with Gasteiger partial charge in [0.1, 0.15) is 17.3 Å². The highest BCUT2D eigenvalue weighted by molar-refractivity contribution is 5.93. The zero-order valence-corrected chi connectivity index (χ0v) is 13.5. The average Bonchev–Trinajstić information content (AvgIpc) is 3.07. The van der Waals surface area contributed by atoms with Gasteiger partial charge in [0.05, 0.1) is 12.3 Å². The molecule has 128 valence electrons. The van der Waals surface area contributed by atoms with E-state index in [9.17, 15) is 4.79 Å². The molecule has 2 heterocycles. The molecule has 8 nitrogen and oxygen atoms in total. The van der Waals surface area contributed by atoms with Crippen LogP contribution in [0.25, 0.3) is 0 Å². The number of nitrogens with one attached hydrogen (secondary N) is 1. The van der Waals surface area contributed by atoms with Crippen LogP contribution in [0.5, 0.6) is 17.4 Å². The van der Waals surface area contributed by atoms with E-state index >= 15 is 0 Å². The maximum atomic E-state index is 12.3. The van der Waals surface area contributed by atoms with Crippen molar-refractivity contribution in [1.29, 1.82) is 5.26 Å². The molecule has 8 heteroatoms. The smallest absolute Gasteiger partial charge is 0.270 e. The Labute approximate surface area is 144 Å². The number of carbonyl (C=O) groups is 1. The molecule has 1 amide bonds. The Balaban J connectivity index is 1.74. The van der Waals surface area contributed by atoms with Crippen LogP contribution in [0.2, 0.25) is 0 Å². The van der Waals surface area contributed by atoms with Crippen molar-refractivity contribution in [1.82, 2.24) is 10.3 Å². The molecule has 3 rings (SSSR count). The van der Waals surface area contributed by atoms with Gasteiger partial charge in [0.2, 0.25) is 12.7 Å². The number of anilines is 1. The lowest BCUT2D eigenvalue weighted by Crippen LogP contribution is -2.24. The first-order valence-electron chi connectivity index (χ1n) is 7.62. The van der Waals surface area contributed by atoms with Gasteiger partial charge in [-0.05, 0) is 30.7 Å². The van der Waals surface area contributed by atoms with Gasteiger partial charge in [0, 0.05) is 6.54 Å². The third-order valence-electron chi connectivity index (χ3n) is 3.53. The summed E-state index contributed by atoms with van der Waals surface area (Å²) in [6, 6.07) is 8.70. The van der Waals surface area contributed by atoms with Gasteiger partial charge in [-0.1, -0.05) is 6.07 Å². The number of fused-ring (bicyclic) bond motifs is 1. The number of nitrogen functional groups attached to an aromatic ring is 1. The Morgan fingerprint density at radius 3 is 2.96 bits per heavy atom. The van der Waals surface area contributed by atoms with E-state index in [4.69, 9.17) is 25.2 Å². The lowest BCUT2D eigenvalue weighted by Gasteiger charge is -2.10. The molecular formula is C17H16N4O4. The Kier molecular flexibility index (Phi) is 4.57. The molecule has 0 saturated heterocycles. The van der Waals surface area contributed by atoms with Gasteiger partial charge in [-0.3, -0.25) is 4.79 Å². The molecule has 1 aromatic heterocycles. The number of nitrogens with zero attached hydrogens (tertiary/aromatic N) is 2. The molecular weight excluding hydrogens is 324 g/mol. The van der Waals surface area contributed by atoms with Crippen molar-refractivity contribution >= 4 is 11.6 Å². The van der Waals surface area contributed by atoms with E-state index in [1.807, 2.05) is 12.1 Å². The minimum Gasteiger partial charge on any atom is -0.477 e. The van der Waals surface area contributed by atoms with Crippen molar-refractivity contribution in [2.75, 3.05) is 19.1 Å². The average molecular weight is 340 g/mol. The number of amides is 1. The maximum absolute atomic E-state index is 12.3. The second-order valence-electron chi connectivity index (χ2n) is 5.19. The third kappa shape index (κ3) is 3.40. The first kappa shape index (κ1) is 16.4. The van der Waals surface area contributed by atoms with Crippen molar-refractivity contribution in [3.05, 3.63) is 41.1 Å². The van der Waals surface area contributed by atoms with Gasteiger partial charge in [-0.15, -0.1) is 0 Å². The van der Waals surface area contributed by atoms with Crippen LogP contribution >= 0.6 is 0 Å². The van der Waals surface area contributed by atoms with Gasteiger partial charge < -0.3 is 25.3 Å². The van der Waals surface area contributed by atoms with E-state index in [-0.39, 0.29) is 36.2 Å². The van der Waals surface area contributed by atoms with Crippen LogP contribution in [0, 0.1) is 11.3 Å². The Morgan fingerprint density at radius 1 is 1.40 bits per heavy atom. The molecule has 0 radical (unpaired) electrons. The topological polar surface area (TPSA) is 119 Å². The number of hydrogen-bond acceptors (Lipinski definition) is 7. The minimum atomic E-state index is -0.421. The van der Waals surface area contributed by atoms with Crippen LogP contribution in [-0.4, -0.2) is 24.3 Å². The highest BCUT2D eigenvalue weighted by Crippen LogP contribution is 2.32. The van der Waals surface area contributed by atoms with E-state index in [0.29, 0.717) is 18.1 Å². The van der Waals surface area contributed by atoms with Crippen molar-refractivity contribution in [3.63, 3.8) is 0 Å². The summed E-state index contributed by atoms with van der Waals surface area (Å²) in [5.41, 5.74) is 7.02. The molecule has 0 atom stereocenters. The zero-order chi connectivity index (χ0) is 17.8. The SMILES string of the molecule is CCOc1nc(C(=O)NCc2ccc3c(c2)OCO3)cc(N)c1C#N. The quantitative estimate of drug-likeness (QED) is 0.848. The molecule has 0 unspecified atom stereocenters. The highest BCUT2D eigenvalue weighted by Gasteiger charge is 2.17. The number of aromatic nitrogens is 1. The molecule has 0 bridgehead atoms. The number of rotatable bonds is 5. The van der Waals surface area contributed by atoms with Crippen molar-refractivity contribution in [2.24, 2.45) is 0 Å². The van der Waals surface area contributed by atoms with Crippen LogP contribution < -0.4 is 25.3 Å². The molecule has 3 N–H and O–H groups in total. The summed E-state index contributed by atoms with van der Waals surface area (Å²) in [6.07, 6.45) is 0. The molecule has 1 aliphatic rings. The van der Waals surface area contributed by atoms with Crippen LogP contribution in [0.15, 0.2) is 24.3 Å². The Morgan fingerprint density at radius 2 is 2.20 bits per heavy atom. The number of nitriles is 1. The van der Waals surface area contributed by atoms with E-state index in [1.165, 1.54) is 6.07 Å². The van der Waals surface area contributed by atoms with E-state index in [0.717, 1.165) is 5.56 Å². The highest BCUT2D eigenvalue weighted by atomic mass is 16.7. The normalized spacial score (nSPS) is 11.7. The van der Waals surface area contributed by atoms with Gasteiger partial charge >= 0.3 is 0 Å². The molecule has 0 fully saturated rings. The first-order valence-corrected chi connectivity index (χ1v) is 7.62. The molecule has 0 aliphatic carbocycles. The van der Waals surface area contributed by atoms with Crippen LogP contribution in [-0.2, 0) is 6.54 Å². The molecule has 0 spiro atoms. The summed E-state index contributed by atoms with van der Waals surface area (Å²) in [5, 5.41) is 11.9. The number of benzene rings is 1. The van der Waals surface area contributed by atoms with E-state index < -0.39 is 5.91 Å². The molecule has 0 saturated carbocycles. The summed E-state index contributed by atoms with van der Waals surface area (Å²) < 4.78 is 15.8. The second-order valence-corrected chi connectivity index (χ2v) is 5.19. The van der Waals surface area contributed by atoms with Gasteiger partial charge in [-0.2, -0.15) is 5.26 Å². The molecule has 2 aromatic rings. The number of pyridine rings is 1. The van der Waals surface area contributed by atoms with Crippen LogP contribution in [0.4, 0.5) is 5.69 Å². The van der Waals surface area contributed by atoms with Crippen molar-refractivity contribution < 1.29 is 19.0 Å². The molecule has 25 heavy (non-hydrogen) atoms. The predicted octanol–water partition coefficient (Wildman–Crippen LogP) is 1.59. The fourth-order valence-corrected chi connectivity index (χ4v) is 2.33. The molecule has 1 aromatic carbocycles. The van der Waals surface area contributed by atoms with Crippen LogP contribution in [0.1, 0.15) is 28.5 Å². The summed E-state index contributed by atoms with van der Waals surface area (Å²) in [5.74, 6) is 0.956. The van der Waals surface area contributed by atoms with Gasteiger partial charge in [-0.25, -0.2) is 4.98 Å². The lowest BCUT2D eigenvalue weighted by atomic mass is 10.2. The summed E-state index contributed by atoms with van der Waals surface area (Å²) in [6.45, 7) is 2.54. The maximum Gasteiger partial charge on any atom is 0.270 e. The van der Waals surface area contributed by atoms with E-state index in [2.05, 4.69) is 10.3 Å². The number of ether oxygens (including phenoxy) is 3.